The molecule has 1 aliphatic rings. The Morgan fingerprint density at radius 2 is 1.00 bits per heavy atom. The van der Waals surface area contributed by atoms with E-state index in [4.69, 9.17) is 15.7 Å². The summed E-state index contributed by atoms with van der Waals surface area (Å²) in [6.07, 6.45) is 8.41. The van der Waals surface area contributed by atoms with Gasteiger partial charge in [-0.3, -0.25) is 0 Å². The SMILES string of the molecule is [B]c1c([B])c(O)c(-n2c3ccccc3c3cc(-c4ccc(-c5ccc(-c6sc7ccccc7c6/C=C\C=C\Nc6ccc7c(c6)C(=C(c6ccccc6)c6ccccc6)c6ccccc6-7)cc5)cc4)ccc32)c(O)c1O. The highest BCUT2D eigenvalue weighted by atomic mass is 32.1. The van der Waals surface area contributed by atoms with Crippen molar-refractivity contribution in [1.82, 2.24) is 4.57 Å². The Balaban J connectivity index is 0.759. The number of fused-ring (bicyclic) bond motifs is 7. The number of nitrogens with one attached hydrogen (secondary N) is 1. The lowest BCUT2D eigenvalue weighted by Crippen LogP contribution is -2.27. The molecular formula is C68H44B2N2O3S. The molecule has 4 N–H and O–H groups in total. The number of aromatic hydroxyl groups is 3. The van der Waals surface area contributed by atoms with E-state index in [9.17, 15) is 15.3 Å². The molecule has 0 saturated carbocycles. The van der Waals surface area contributed by atoms with E-state index in [1.165, 1.54) is 65.1 Å². The Bertz CT molecular complexity index is 4270. The molecule has 2 heterocycles. The van der Waals surface area contributed by atoms with Gasteiger partial charge in [-0.05, 0) is 115 Å². The molecule has 2 aromatic heterocycles. The van der Waals surface area contributed by atoms with Crippen molar-refractivity contribution in [1.29, 1.82) is 0 Å². The van der Waals surface area contributed by atoms with Gasteiger partial charge in [-0.15, -0.1) is 11.3 Å². The molecule has 13 rings (SSSR count). The standard InChI is InChI=1S/C68H44B2N2O3S/c69-62-63(70)66(74)67(75)64(65(62)73)72-57-24-11-9-20-51(57)55-39-47(34-37-58(55)72)43-28-26-41(27-29-43)42-30-32-46(33-31-42)68-54(52-21-10-12-25-59(52)76-68)23-13-14-38-71-48-35-36-50-49-19-7-8-22-53(49)61(56(50)40-48)60(44-15-3-1-4-16-44)45-17-5-2-6-18-45/h1-40,71,73-75H/b23-13-,38-14+. The molecule has 1 aliphatic carbocycles. The Morgan fingerprint density at radius 1 is 0.447 bits per heavy atom. The van der Waals surface area contributed by atoms with Gasteiger partial charge in [0, 0.05) is 43.2 Å². The highest BCUT2D eigenvalue weighted by molar-refractivity contribution is 7.22. The van der Waals surface area contributed by atoms with Crippen LogP contribution in [0.2, 0.25) is 0 Å². The van der Waals surface area contributed by atoms with Crippen molar-refractivity contribution in [3.63, 3.8) is 0 Å². The van der Waals surface area contributed by atoms with Gasteiger partial charge in [0.2, 0.25) is 0 Å². The molecule has 0 aliphatic heterocycles. The van der Waals surface area contributed by atoms with Crippen LogP contribution >= 0.6 is 11.3 Å². The fourth-order valence-corrected chi connectivity index (χ4v) is 12.1. The fraction of sp³-hybridized carbons (Fsp3) is 0. The van der Waals surface area contributed by atoms with Crippen molar-refractivity contribution in [3.8, 4) is 66.8 Å². The second-order valence-electron chi connectivity index (χ2n) is 19.0. The van der Waals surface area contributed by atoms with Crippen molar-refractivity contribution in [3.05, 3.63) is 265 Å². The number of nitrogens with zero attached hydrogens (tertiary/aromatic N) is 1. The molecule has 10 aromatic carbocycles. The van der Waals surface area contributed by atoms with Gasteiger partial charge in [0.15, 0.2) is 11.5 Å². The number of thiophene rings is 1. The topological polar surface area (TPSA) is 77.7 Å². The number of phenolic OH excluding ortho intramolecular Hbond substituents is 3. The molecule has 0 atom stereocenters. The van der Waals surface area contributed by atoms with E-state index in [1.807, 2.05) is 42.6 Å². The van der Waals surface area contributed by atoms with Crippen LogP contribution in [-0.2, 0) is 0 Å². The van der Waals surface area contributed by atoms with Crippen molar-refractivity contribution in [2.75, 3.05) is 5.32 Å². The molecule has 0 amide bonds. The zero-order valence-corrected chi connectivity index (χ0v) is 41.8. The highest BCUT2D eigenvalue weighted by Crippen LogP contribution is 2.50. The van der Waals surface area contributed by atoms with Crippen LogP contribution in [0.3, 0.4) is 0 Å². The normalized spacial score (nSPS) is 12.1. The fourth-order valence-electron chi connectivity index (χ4n) is 10.9. The van der Waals surface area contributed by atoms with Crippen LogP contribution in [0.5, 0.6) is 17.2 Å². The number of phenols is 3. The second kappa shape index (κ2) is 19.1. The van der Waals surface area contributed by atoms with Gasteiger partial charge in [-0.2, -0.15) is 0 Å². The van der Waals surface area contributed by atoms with E-state index in [-0.39, 0.29) is 16.6 Å². The Labute approximate surface area is 446 Å². The maximum Gasteiger partial charge on any atom is 0.185 e. The number of anilines is 1. The summed E-state index contributed by atoms with van der Waals surface area (Å²) in [5.41, 5.74) is 18.3. The predicted molar refractivity (Wildman–Crippen MR) is 320 cm³/mol. The van der Waals surface area contributed by atoms with Crippen molar-refractivity contribution in [2.24, 2.45) is 0 Å². The van der Waals surface area contributed by atoms with Gasteiger partial charge in [0.25, 0.3) is 0 Å². The quantitative estimate of drug-likeness (QED) is 0.0477. The number of hydrogen-bond donors (Lipinski definition) is 4. The van der Waals surface area contributed by atoms with Crippen LogP contribution in [0.1, 0.15) is 27.8 Å². The van der Waals surface area contributed by atoms with Crippen molar-refractivity contribution in [2.45, 2.75) is 0 Å². The molecule has 4 radical (unpaired) electrons. The molecule has 5 nitrogen and oxygen atoms in total. The van der Waals surface area contributed by atoms with E-state index in [2.05, 4.69) is 206 Å². The van der Waals surface area contributed by atoms with Gasteiger partial charge < -0.3 is 25.2 Å². The van der Waals surface area contributed by atoms with Gasteiger partial charge >= 0.3 is 0 Å². The van der Waals surface area contributed by atoms with E-state index >= 15 is 0 Å². The number of benzene rings is 10. The Hall–Kier alpha value is -9.49. The molecule has 0 bridgehead atoms. The monoisotopic (exact) mass is 990 g/mol. The van der Waals surface area contributed by atoms with E-state index in [0.717, 1.165) is 44.3 Å². The average molecular weight is 991 g/mol. The third-order valence-electron chi connectivity index (χ3n) is 14.6. The summed E-state index contributed by atoms with van der Waals surface area (Å²) in [7, 11) is 12.0. The third-order valence-corrected chi connectivity index (χ3v) is 15.8. The van der Waals surface area contributed by atoms with Crippen LogP contribution in [0, 0.1) is 0 Å². The molecule has 76 heavy (non-hydrogen) atoms. The first-order valence-corrected chi connectivity index (χ1v) is 25.9. The van der Waals surface area contributed by atoms with Crippen LogP contribution < -0.4 is 16.2 Å². The summed E-state index contributed by atoms with van der Waals surface area (Å²) < 4.78 is 2.94. The number of rotatable bonds is 10. The largest absolute Gasteiger partial charge is 0.506 e. The minimum atomic E-state index is -0.582. The zero-order chi connectivity index (χ0) is 51.4. The maximum atomic E-state index is 11.1. The Morgan fingerprint density at radius 3 is 1.71 bits per heavy atom. The lowest BCUT2D eigenvalue weighted by molar-refractivity contribution is 0.399. The highest BCUT2D eigenvalue weighted by Gasteiger charge is 2.28. The van der Waals surface area contributed by atoms with Gasteiger partial charge in [-0.1, -0.05) is 205 Å². The van der Waals surface area contributed by atoms with Crippen molar-refractivity contribution >= 4 is 92.8 Å². The number of aromatic nitrogens is 1. The molecule has 356 valence electrons. The number of allylic oxidation sites excluding steroid dienone is 2. The summed E-state index contributed by atoms with van der Waals surface area (Å²) in [5.74, 6) is -1.55. The van der Waals surface area contributed by atoms with Crippen molar-refractivity contribution < 1.29 is 15.3 Å². The summed E-state index contributed by atoms with van der Waals surface area (Å²) in [6.45, 7) is 0. The van der Waals surface area contributed by atoms with Gasteiger partial charge in [-0.25, -0.2) is 0 Å². The summed E-state index contributed by atoms with van der Waals surface area (Å²) in [6, 6.07) is 76.6. The lowest BCUT2D eigenvalue weighted by atomic mass is 9.78. The van der Waals surface area contributed by atoms with E-state index in [0.29, 0.717) is 11.0 Å². The molecule has 0 saturated heterocycles. The minimum Gasteiger partial charge on any atom is -0.506 e. The molecule has 0 spiro atoms. The molecule has 0 unspecified atom stereocenters. The summed E-state index contributed by atoms with van der Waals surface area (Å²) in [5, 5.41) is 39.4. The Kier molecular flexibility index (Phi) is 11.6. The lowest BCUT2D eigenvalue weighted by Gasteiger charge is -2.17. The third kappa shape index (κ3) is 7.90. The zero-order valence-electron chi connectivity index (χ0n) is 40.9. The minimum absolute atomic E-state index is 0.0391. The van der Waals surface area contributed by atoms with Crippen LogP contribution in [-0.4, -0.2) is 35.6 Å². The average Bonchev–Trinajstić information content (AvgIpc) is 4.12. The molecule has 12 aromatic rings. The van der Waals surface area contributed by atoms with Gasteiger partial charge in [0.1, 0.15) is 27.1 Å². The van der Waals surface area contributed by atoms with Crippen LogP contribution in [0.25, 0.3) is 98.6 Å². The molecule has 0 fully saturated rings. The van der Waals surface area contributed by atoms with E-state index < -0.39 is 17.2 Å². The van der Waals surface area contributed by atoms with Crippen LogP contribution in [0.15, 0.2) is 237 Å². The summed E-state index contributed by atoms with van der Waals surface area (Å²) >= 11 is 1.81. The second-order valence-corrected chi connectivity index (χ2v) is 20.0. The summed E-state index contributed by atoms with van der Waals surface area (Å²) in [4.78, 5) is 1.21. The first kappa shape index (κ1) is 46.3. The number of para-hydroxylation sites is 1. The first-order chi connectivity index (χ1) is 37.3. The van der Waals surface area contributed by atoms with Gasteiger partial charge in [0.05, 0.1) is 11.0 Å². The van der Waals surface area contributed by atoms with Crippen LogP contribution in [0.4, 0.5) is 5.69 Å². The molecular weight excluding hydrogens is 946 g/mol. The van der Waals surface area contributed by atoms with E-state index in [1.54, 1.807) is 15.9 Å². The smallest absolute Gasteiger partial charge is 0.185 e. The number of hydrogen-bond acceptors (Lipinski definition) is 5. The molecule has 8 heteroatoms. The maximum absolute atomic E-state index is 11.1. The predicted octanol–water partition coefficient (Wildman–Crippen LogP) is 15.3. The first-order valence-electron chi connectivity index (χ1n) is 25.1.